The molecule has 0 radical (unpaired) electrons. The molecule has 0 aliphatic carbocycles. The van der Waals surface area contributed by atoms with Gasteiger partial charge < -0.3 is 4.74 Å². The Morgan fingerprint density at radius 3 is 2.48 bits per heavy atom. The van der Waals surface area contributed by atoms with Gasteiger partial charge in [-0.25, -0.2) is 4.79 Å². The Morgan fingerprint density at radius 2 is 1.90 bits per heavy atom. The Bertz CT molecular complexity index is 688. The minimum Gasteiger partial charge on any atom is -0.465 e. The van der Waals surface area contributed by atoms with Crippen molar-refractivity contribution in [3.8, 4) is 0 Å². The maximum Gasteiger partial charge on any atom is 0.338 e. The highest BCUT2D eigenvalue weighted by atomic mass is 127. The molecule has 0 heterocycles. The molecular weight excluding hydrogens is 405 g/mol. The van der Waals surface area contributed by atoms with Gasteiger partial charge in [0.05, 0.1) is 22.5 Å². The zero-order valence-corrected chi connectivity index (χ0v) is 13.9. The molecule has 2 rings (SSSR count). The van der Waals surface area contributed by atoms with E-state index in [1.54, 1.807) is 6.07 Å². The first-order valence-electron chi connectivity index (χ1n) is 5.81. The van der Waals surface area contributed by atoms with Gasteiger partial charge in [-0.2, -0.15) is 0 Å². The summed E-state index contributed by atoms with van der Waals surface area (Å²) in [5.74, 6) is -0.594. The molecule has 0 aliphatic rings. The summed E-state index contributed by atoms with van der Waals surface area (Å²) < 4.78 is 5.66. The molecule has 5 nitrogen and oxygen atoms in total. The molecule has 0 atom stereocenters. The highest BCUT2D eigenvalue weighted by molar-refractivity contribution is 14.1. The lowest BCUT2D eigenvalue weighted by molar-refractivity contribution is -0.387. The van der Waals surface area contributed by atoms with Crippen molar-refractivity contribution in [1.82, 2.24) is 0 Å². The average Bonchev–Trinajstić information content (AvgIpc) is 2.49. The summed E-state index contributed by atoms with van der Waals surface area (Å²) in [5.41, 5.74) is 0.0533. The van der Waals surface area contributed by atoms with E-state index in [-0.39, 0.29) is 11.3 Å². The van der Waals surface area contributed by atoms with E-state index < -0.39 is 10.9 Å². The summed E-state index contributed by atoms with van der Waals surface area (Å²) in [6.07, 6.45) is 0. The van der Waals surface area contributed by atoms with Gasteiger partial charge in [0.15, 0.2) is 0 Å². The van der Waals surface area contributed by atoms with Crippen LogP contribution in [0.3, 0.4) is 0 Å². The largest absolute Gasteiger partial charge is 0.465 e. The van der Waals surface area contributed by atoms with E-state index in [9.17, 15) is 14.9 Å². The highest BCUT2D eigenvalue weighted by Gasteiger charge is 2.18. The molecule has 2 aromatic carbocycles. The molecule has 0 unspecified atom stereocenters. The Labute approximate surface area is 139 Å². The molecule has 0 aromatic heterocycles. The standard InChI is InChI=1S/C14H10INO4S/c1-20-14(17)9-2-7-13(12(8-9)16(18)19)21-11-5-3-10(15)4-6-11/h2-8H,1H3. The third-order valence-electron chi connectivity index (χ3n) is 2.62. The number of halogens is 1. The molecule has 7 heteroatoms. The fourth-order valence-corrected chi connectivity index (χ4v) is 2.88. The zero-order chi connectivity index (χ0) is 15.4. The van der Waals surface area contributed by atoms with Crippen molar-refractivity contribution < 1.29 is 14.5 Å². The van der Waals surface area contributed by atoms with Crippen LogP contribution in [-0.2, 0) is 4.74 Å². The minimum absolute atomic E-state index is 0.110. The van der Waals surface area contributed by atoms with Crippen LogP contribution in [0.2, 0.25) is 0 Å². The van der Waals surface area contributed by atoms with E-state index in [0.29, 0.717) is 4.90 Å². The van der Waals surface area contributed by atoms with Gasteiger partial charge in [-0.3, -0.25) is 10.1 Å². The molecule has 21 heavy (non-hydrogen) atoms. The van der Waals surface area contributed by atoms with Crippen LogP contribution in [0.1, 0.15) is 10.4 Å². The van der Waals surface area contributed by atoms with E-state index in [1.807, 2.05) is 24.3 Å². The number of nitrogens with zero attached hydrogens (tertiary/aromatic N) is 1. The van der Waals surface area contributed by atoms with Crippen molar-refractivity contribution in [2.75, 3.05) is 7.11 Å². The SMILES string of the molecule is COC(=O)c1ccc(Sc2ccc(I)cc2)c([N+](=O)[O-])c1. The number of rotatable bonds is 4. The molecule has 0 saturated heterocycles. The fraction of sp³-hybridized carbons (Fsp3) is 0.0714. The third kappa shape index (κ3) is 3.94. The van der Waals surface area contributed by atoms with Gasteiger partial charge in [0.1, 0.15) is 0 Å². The Morgan fingerprint density at radius 1 is 1.24 bits per heavy atom. The topological polar surface area (TPSA) is 69.4 Å². The molecule has 0 N–H and O–H groups in total. The van der Waals surface area contributed by atoms with Crippen molar-refractivity contribution in [2.24, 2.45) is 0 Å². The molecule has 0 spiro atoms. The lowest BCUT2D eigenvalue weighted by Crippen LogP contribution is -2.02. The van der Waals surface area contributed by atoms with Crippen LogP contribution in [0, 0.1) is 13.7 Å². The lowest BCUT2D eigenvalue weighted by Gasteiger charge is -2.05. The second kappa shape index (κ2) is 6.90. The molecule has 0 bridgehead atoms. The third-order valence-corrected chi connectivity index (χ3v) is 4.41. The number of methoxy groups -OCH3 is 1. The van der Waals surface area contributed by atoms with Gasteiger partial charge >= 0.3 is 5.97 Å². The predicted molar refractivity (Wildman–Crippen MR) is 87.7 cm³/mol. The lowest BCUT2D eigenvalue weighted by atomic mass is 10.2. The number of hydrogen-bond acceptors (Lipinski definition) is 5. The quantitative estimate of drug-likeness (QED) is 0.325. The molecule has 108 valence electrons. The van der Waals surface area contributed by atoms with E-state index in [2.05, 4.69) is 27.3 Å². The summed E-state index contributed by atoms with van der Waals surface area (Å²) in [7, 11) is 1.24. The van der Waals surface area contributed by atoms with E-state index in [0.717, 1.165) is 8.47 Å². The van der Waals surface area contributed by atoms with Crippen molar-refractivity contribution >= 4 is 46.0 Å². The number of carbonyl (C=O) groups is 1. The summed E-state index contributed by atoms with van der Waals surface area (Å²) in [4.78, 5) is 23.5. The first kappa shape index (κ1) is 15.8. The smallest absolute Gasteiger partial charge is 0.338 e. The van der Waals surface area contributed by atoms with Gasteiger partial charge in [-0.15, -0.1) is 0 Å². The molecular formula is C14H10INO4S. The Balaban J connectivity index is 2.36. The summed E-state index contributed by atoms with van der Waals surface area (Å²) in [6, 6.07) is 12.0. The molecule has 0 amide bonds. The Kier molecular flexibility index (Phi) is 5.18. The minimum atomic E-state index is -0.594. The van der Waals surface area contributed by atoms with Crippen LogP contribution >= 0.6 is 34.4 Å². The maximum atomic E-state index is 11.4. The van der Waals surface area contributed by atoms with Crippen LogP contribution in [0.15, 0.2) is 52.3 Å². The monoisotopic (exact) mass is 415 g/mol. The van der Waals surface area contributed by atoms with Crippen molar-refractivity contribution in [2.45, 2.75) is 9.79 Å². The maximum absolute atomic E-state index is 11.4. The number of benzene rings is 2. The molecule has 2 aromatic rings. The number of nitro groups is 1. The number of hydrogen-bond donors (Lipinski definition) is 0. The van der Waals surface area contributed by atoms with Gasteiger partial charge in [0.2, 0.25) is 0 Å². The summed E-state index contributed by atoms with van der Waals surface area (Å²) in [5, 5.41) is 11.2. The van der Waals surface area contributed by atoms with Crippen LogP contribution in [-0.4, -0.2) is 18.0 Å². The van der Waals surface area contributed by atoms with Gasteiger partial charge in [0.25, 0.3) is 5.69 Å². The second-order valence-corrected chi connectivity index (χ2v) is 6.35. The average molecular weight is 415 g/mol. The summed E-state index contributed by atoms with van der Waals surface area (Å²) >= 11 is 3.47. The highest BCUT2D eigenvalue weighted by Crippen LogP contribution is 2.35. The normalized spacial score (nSPS) is 10.2. The van der Waals surface area contributed by atoms with Gasteiger partial charge in [-0.1, -0.05) is 11.8 Å². The number of nitro benzene ring substituents is 1. The number of ether oxygens (including phenoxy) is 1. The van der Waals surface area contributed by atoms with E-state index in [4.69, 9.17) is 0 Å². The van der Waals surface area contributed by atoms with Gasteiger partial charge in [-0.05, 0) is 59.0 Å². The van der Waals surface area contributed by atoms with Crippen LogP contribution in [0.25, 0.3) is 0 Å². The zero-order valence-electron chi connectivity index (χ0n) is 10.9. The van der Waals surface area contributed by atoms with Crippen molar-refractivity contribution in [1.29, 1.82) is 0 Å². The number of esters is 1. The molecule has 0 saturated carbocycles. The number of carbonyl (C=O) groups excluding carboxylic acids is 1. The fourth-order valence-electron chi connectivity index (χ4n) is 1.62. The predicted octanol–water partition coefficient (Wildman–Crippen LogP) is 4.14. The molecule has 0 fully saturated rings. The van der Waals surface area contributed by atoms with Crippen LogP contribution in [0.4, 0.5) is 5.69 Å². The first-order chi connectivity index (χ1) is 10.0. The van der Waals surface area contributed by atoms with E-state index in [1.165, 1.54) is 31.0 Å². The van der Waals surface area contributed by atoms with Crippen molar-refractivity contribution in [3.05, 3.63) is 61.7 Å². The van der Waals surface area contributed by atoms with Crippen LogP contribution < -0.4 is 0 Å². The first-order valence-corrected chi connectivity index (χ1v) is 7.71. The second-order valence-electron chi connectivity index (χ2n) is 3.99. The van der Waals surface area contributed by atoms with E-state index >= 15 is 0 Å². The van der Waals surface area contributed by atoms with Crippen molar-refractivity contribution in [3.63, 3.8) is 0 Å². The summed E-state index contributed by atoms with van der Waals surface area (Å²) in [6.45, 7) is 0. The Hall–Kier alpha value is -1.61. The van der Waals surface area contributed by atoms with Gasteiger partial charge in [0, 0.05) is 14.5 Å². The van der Waals surface area contributed by atoms with Crippen LogP contribution in [0.5, 0.6) is 0 Å². The molecule has 0 aliphatic heterocycles.